The molecule has 0 aromatic heterocycles. The number of rotatable bonds is 4. The van der Waals surface area contributed by atoms with E-state index in [1.807, 2.05) is 24.3 Å². The summed E-state index contributed by atoms with van der Waals surface area (Å²) < 4.78 is 0.822. The molecule has 1 unspecified atom stereocenters. The first-order valence-corrected chi connectivity index (χ1v) is 7.67. The van der Waals surface area contributed by atoms with Crippen LogP contribution < -0.4 is 11.1 Å². The van der Waals surface area contributed by atoms with E-state index in [2.05, 4.69) is 21.2 Å². The van der Waals surface area contributed by atoms with Gasteiger partial charge < -0.3 is 11.1 Å². The number of amides is 1. The first kappa shape index (κ1) is 16.1. The smallest absolute Gasteiger partial charge is 0.247 e. The average molecular weight is 388 g/mol. The number of halogens is 3. The minimum Gasteiger partial charge on any atom is -0.367 e. The van der Waals surface area contributed by atoms with Crippen LogP contribution in [0.4, 0.5) is 5.69 Å². The SMILES string of the molecule is CC(Nc1ccccc1Br)(C(N)=O)c1ccc(Cl)cc1Cl. The van der Waals surface area contributed by atoms with Gasteiger partial charge >= 0.3 is 0 Å². The molecule has 1 atom stereocenters. The molecule has 0 fully saturated rings. The van der Waals surface area contributed by atoms with Crippen molar-refractivity contribution in [2.75, 3.05) is 5.32 Å². The van der Waals surface area contributed by atoms with Crippen LogP contribution in [0, 0.1) is 0 Å². The van der Waals surface area contributed by atoms with Gasteiger partial charge in [0.05, 0.1) is 0 Å². The Labute approximate surface area is 141 Å². The summed E-state index contributed by atoms with van der Waals surface area (Å²) in [5.41, 5.74) is 5.75. The van der Waals surface area contributed by atoms with Gasteiger partial charge in [-0.05, 0) is 47.1 Å². The molecule has 0 aliphatic rings. The summed E-state index contributed by atoms with van der Waals surface area (Å²) in [5, 5.41) is 4.03. The van der Waals surface area contributed by atoms with Crippen LogP contribution in [-0.2, 0) is 10.3 Å². The molecule has 0 aliphatic heterocycles. The second-order valence-electron chi connectivity index (χ2n) is 4.72. The number of anilines is 1. The van der Waals surface area contributed by atoms with E-state index in [0.717, 1.165) is 10.2 Å². The normalized spacial score (nSPS) is 13.5. The molecule has 3 nitrogen and oxygen atoms in total. The van der Waals surface area contributed by atoms with Crippen molar-refractivity contribution < 1.29 is 4.79 Å². The molecule has 3 N–H and O–H groups in total. The molecular weight excluding hydrogens is 375 g/mol. The zero-order valence-electron chi connectivity index (χ0n) is 11.2. The summed E-state index contributed by atoms with van der Waals surface area (Å²) in [4.78, 5) is 12.0. The zero-order valence-corrected chi connectivity index (χ0v) is 14.3. The van der Waals surface area contributed by atoms with Crippen molar-refractivity contribution in [3.05, 3.63) is 62.5 Å². The second-order valence-corrected chi connectivity index (χ2v) is 6.42. The molecule has 0 heterocycles. The van der Waals surface area contributed by atoms with Gasteiger partial charge in [0.25, 0.3) is 0 Å². The van der Waals surface area contributed by atoms with E-state index in [0.29, 0.717) is 15.6 Å². The van der Waals surface area contributed by atoms with Crippen molar-refractivity contribution in [3.63, 3.8) is 0 Å². The number of nitrogens with two attached hydrogens (primary N) is 1. The quantitative estimate of drug-likeness (QED) is 0.807. The third-order valence-corrected chi connectivity index (χ3v) is 4.46. The molecule has 0 saturated heterocycles. The first-order valence-electron chi connectivity index (χ1n) is 6.13. The van der Waals surface area contributed by atoms with Gasteiger partial charge in [0.15, 0.2) is 0 Å². The second kappa shape index (κ2) is 6.26. The van der Waals surface area contributed by atoms with Gasteiger partial charge in [0.1, 0.15) is 5.54 Å². The highest BCUT2D eigenvalue weighted by atomic mass is 79.9. The molecule has 110 valence electrons. The molecule has 0 bridgehead atoms. The van der Waals surface area contributed by atoms with Crippen molar-refractivity contribution in [2.45, 2.75) is 12.5 Å². The third kappa shape index (κ3) is 3.34. The van der Waals surface area contributed by atoms with E-state index in [9.17, 15) is 4.79 Å². The Kier molecular flexibility index (Phi) is 4.81. The Morgan fingerprint density at radius 1 is 1.24 bits per heavy atom. The standard InChI is InChI=1S/C15H13BrCl2N2O/c1-15(14(19)21,10-7-6-9(17)8-12(10)18)20-13-5-3-2-4-11(13)16/h2-8,20H,1H3,(H2,19,21). The van der Waals surface area contributed by atoms with Gasteiger partial charge in [-0.3, -0.25) is 4.79 Å². The average Bonchev–Trinajstić information content (AvgIpc) is 2.41. The molecule has 6 heteroatoms. The van der Waals surface area contributed by atoms with Crippen LogP contribution >= 0.6 is 39.1 Å². The van der Waals surface area contributed by atoms with E-state index >= 15 is 0 Å². The molecule has 0 spiro atoms. The number of carbonyl (C=O) groups is 1. The highest BCUT2D eigenvalue weighted by Gasteiger charge is 2.35. The van der Waals surface area contributed by atoms with E-state index < -0.39 is 11.4 Å². The van der Waals surface area contributed by atoms with E-state index in [1.165, 1.54) is 0 Å². The summed E-state index contributed by atoms with van der Waals surface area (Å²) in [6.07, 6.45) is 0. The van der Waals surface area contributed by atoms with E-state index in [1.54, 1.807) is 25.1 Å². The van der Waals surface area contributed by atoms with Crippen LogP contribution in [0.1, 0.15) is 12.5 Å². The zero-order chi connectivity index (χ0) is 15.6. The maximum absolute atomic E-state index is 12.0. The lowest BCUT2D eigenvalue weighted by atomic mass is 9.90. The van der Waals surface area contributed by atoms with E-state index in [4.69, 9.17) is 28.9 Å². The first-order chi connectivity index (χ1) is 9.84. The van der Waals surface area contributed by atoms with Crippen molar-refractivity contribution in [2.24, 2.45) is 5.73 Å². The topological polar surface area (TPSA) is 55.1 Å². The number of para-hydroxylation sites is 1. The van der Waals surface area contributed by atoms with Crippen molar-refractivity contribution in [1.82, 2.24) is 0 Å². The highest BCUT2D eigenvalue weighted by molar-refractivity contribution is 9.10. The van der Waals surface area contributed by atoms with Crippen molar-refractivity contribution in [3.8, 4) is 0 Å². The Morgan fingerprint density at radius 3 is 2.48 bits per heavy atom. The predicted molar refractivity (Wildman–Crippen MR) is 90.8 cm³/mol. The minimum absolute atomic E-state index is 0.378. The van der Waals surface area contributed by atoms with Gasteiger partial charge in [-0.1, -0.05) is 41.4 Å². The fourth-order valence-corrected chi connectivity index (χ4v) is 2.97. The summed E-state index contributed by atoms with van der Waals surface area (Å²) in [6.45, 7) is 1.68. The maximum Gasteiger partial charge on any atom is 0.247 e. The van der Waals surface area contributed by atoms with E-state index in [-0.39, 0.29) is 0 Å². The molecule has 0 saturated carbocycles. The number of primary amides is 1. The molecule has 0 radical (unpaired) electrons. The minimum atomic E-state index is -1.16. The van der Waals surface area contributed by atoms with Gasteiger partial charge in [-0.15, -0.1) is 0 Å². The lowest BCUT2D eigenvalue weighted by Crippen LogP contribution is -2.45. The summed E-state index contributed by atoms with van der Waals surface area (Å²) in [6, 6.07) is 12.4. The number of benzene rings is 2. The summed E-state index contributed by atoms with van der Waals surface area (Å²) in [5.74, 6) is -0.539. The molecule has 0 aliphatic carbocycles. The van der Waals surface area contributed by atoms with Crippen LogP contribution in [0.5, 0.6) is 0 Å². The Bertz CT molecular complexity index is 693. The van der Waals surface area contributed by atoms with Gasteiger partial charge in [-0.2, -0.15) is 0 Å². The van der Waals surface area contributed by atoms with Crippen LogP contribution in [0.2, 0.25) is 10.0 Å². The van der Waals surface area contributed by atoms with Gasteiger partial charge in [-0.25, -0.2) is 0 Å². The Hall–Kier alpha value is -1.23. The van der Waals surface area contributed by atoms with Crippen LogP contribution in [0.15, 0.2) is 46.9 Å². The van der Waals surface area contributed by atoms with Crippen LogP contribution in [0.3, 0.4) is 0 Å². The third-order valence-electron chi connectivity index (χ3n) is 3.22. The molecule has 21 heavy (non-hydrogen) atoms. The van der Waals surface area contributed by atoms with Gasteiger partial charge in [0.2, 0.25) is 5.91 Å². The largest absolute Gasteiger partial charge is 0.367 e. The van der Waals surface area contributed by atoms with Crippen molar-refractivity contribution in [1.29, 1.82) is 0 Å². The monoisotopic (exact) mass is 386 g/mol. The summed E-state index contributed by atoms with van der Waals surface area (Å²) in [7, 11) is 0. The van der Waals surface area contributed by atoms with Crippen LogP contribution in [-0.4, -0.2) is 5.91 Å². The number of carbonyl (C=O) groups excluding carboxylic acids is 1. The number of nitrogens with one attached hydrogen (secondary N) is 1. The fraction of sp³-hybridized carbons (Fsp3) is 0.133. The Morgan fingerprint density at radius 2 is 1.90 bits per heavy atom. The predicted octanol–water partition coefficient (Wildman–Crippen LogP) is 4.57. The van der Waals surface area contributed by atoms with Gasteiger partial charge in [0, 0.05) is 25.8 Å². The molecule has 2 rings (SSSR count). The fourth-order valence-electron chi connectivity index (χ4n) is 1.99. The molecule has 2 aromatic carbocycles. The van der Waals surface area contributed by atoms with Crippen molar-refractivity contribution >= 4 is 50.7 Å². The molecule has 2 aromatic rings. The maximum atomic E-state index is 12.0. The molecular formula is C15H13BrCl2N2O. The lowest BCUT2D eigenvalue weighted by Gasteiger charge is -2.30. The summed E-state index contributed by atoms with van der Waals surface area (Å²) >= 11 is 15.6. The number of hydrogen-bond acceptors (Lipinski definition) is 2. The lowest BCUT2D eigenvalue weighted by molar-refractivity contribution is -0.122. The van der Waals surface area contributed by atoms with Crippen LogP contribution in [0.25, 0.3) is 0 Å². The number of hydrogen-bond donors (Lipinski definition) is 2. The highest BCUT2D eigenvalue weighted by Crippen LogP contribution is 2.35. The Balaban J connectivity index is 2.51. The molecule has 1 amide bonds.